The van der Waals surface area contributed by atoms with E-state index in [2.05, 4.69) is 20.4 Å². The van der Waals surface area contributed by atoms with Crippen molar-refractivity contribution in [2.75, 3.05) is 5.73 Å². The van der Waals surface area contributed by atoms with E-state index in [0.717, 1.165) is 17.9 Å². The molecule has 4 aromatic rings. The largest absolute Gasteiger partial charge is 0.381 e. The molecule has 0 saturated carbocycles. The molecule has 0 radical (unpaired) electrons. The van der Waals surface area contributed by atoms with Crippen LogP contribution in [-0.4, -0.2) is 34.6 Å². The second kappa shape index (κ2) is 13.4. The number of anilines is 1. The average Bonchev–Trinajstić information content (AvgIpc) is 3.48. The highest BCUT2D eigenvalue weighted by Crippen LogP contribution is 2.20. The Morgan fingerprint density at radius 3 is 2.64 bits per heavy atom. The van der Waals surface area contributed by atoms with Gasteiger partial charge in [0.15, 0.2) is 11.5 Å². The van der Waals surface area contributed by atoms with Gasteiger partial charge in [-0.25, -0.2) is 14.5 Å². The SMILES string of the molecule is C/C=C(\C=C/CC)n1c([C@H](C)NC(=O)c2c(N)nn3cccnc23)cccccc(/C=C/c2cnc(C)n2C)cc1=O. The lowest BCUT2D eigenvalue weighted by atomic mass is 10.1. The molecule has 0 fully saturated rings. The van der Waals surface area contributed by atoms with Crippen molar-refractivity contribution in [1.82, 2.24) is 34.0 Å². The molecule has 4 heterocycles. The molecule has 0 aliphatic rings. The fourth-order valence-corrected chi connectivity index (χ4v) is 4.42. The number of carbonyl (C=O) groups excluding carboxylic acids is 1. The fourth-order valence-electron chi connectivity index (χ4n) is 4.42. The number of imidazole rings is 1. The maximum atomic E-state index is 14.0. The first-order chi connectivity index (χ1) is 20.2. The first-order valence-electron chi connectivity index (χ1n) is 13.7. The highest BCUT2D eigenvalue weighted by atomic mass is 16.2. The van der Waals surface area contributed by atoms with Crippen LogP contribution in [0.5, 0.6) is 0 Å². The molecule has 10 nitrogen and oxygen atoms in total. The molecule has 4 aromatic heterocycles. The van der Waals surface area contributed by atoms with Gasteiger partial charge in [-0.05, 0) is 57.0 Å². The third kappa shape index (κ3) is 6.55. The van der Waals surface area contributed by atoms with Crippen LogP contribution in [0.2, 0.25) is 0 Å². The minimum absolute atomic E-state index is 0.0688. The Balaban J connectivity index is 1.85. The number of hydrogen-bond donors (Lipinski definition) is 2. The summed E-state index contributed by atoms with van der Waals surface area (Å²) in [5.41, 5.74) is 9.20. The van der Waals surface area contributed by atoms with Crippen molar-refractivity contribution in [3.63, 3.8) is 0 Å². The molecule has 0 aliphatic carbocycles. The van der Waals surface area contributed by atoms with Gasteiger partial charge in [0.25, 0.3) is 11.5 Å². The molecule has 0 aliphatic heterocycles. The molecular weight excluding hydrogens is 528 g/mol. The summed E-state index contributed by atoms with van der Waals surface area (Å²) in [4.78, 5) is 36.1. The number of nitrogens with one attached hydrogen (secondary N) is 1. The summed E-state index contributed by atoms with van der Waals surface area (Å²) < 4.78 is 5.04. The Kier molecular flexibility index (Phi) is 9.49. The van der Waals surface area contributed by atoms with Gasteiger partial charge in [-0.1, -0.05) is 49.4 Å². The third-order valence-electron chi connectivity index (χ3n) is 6.77. The van der Waals surface area contributed by atoms with E-state index in [4.69, 9.17) is 5.73 Å². The molecule has 0 saturated heterocycles. The molecular formula is C32H36N8O2. The predicted octanol–water partition coefficient (Wildman–Crippen LogP) is 5.13. The summed E-state index contributed by atoms with van der Waals surface area (Å²) in [6.07, 6.45) is 15.4. The first kappa shape index (κ1) is 29.7. The van der Waals surface area contributed by atoms with Gasteiger partial charge in [0.1, 0.15) is 11.4 Å². The number of hydrogen-bond acceptors (Lipinski definition) is 6. The van der Waals surface area contributed by atoms with E-state index < -0.39 is 11.9 Å². The topological polar surface area (TPSA) is 125 Å². The average molecular weight is 565 g/mol. The zero-order valence-corrected chi connectivity index (χ0v) is 24.5. The summed E-state index contributed by atoms with van der Waals surface area (Å²) in [6.45, 7) is 7.65. The number of carbonyl (C=O) groups is 1. The monoisotopic (exact) mass is 564 g/mol. The lowest BCUT2D eigenvalue weighted by Gasteiger charge is -2.19. The zero-order valence-electron chi connectivity index (χ0n) is 24.5. The normalized spacial score (nSPS) is 12.6. The van der Waals surface area contributed by atoms with Gasteiger partial charge in [-0.3, -0.25) is 14.2 Å². The molecule has 0 aromatic carbocycles. The van der Waals surface area contributed by atoms with Crippen molar-refractivity contribution in [1.29, 1.82) is 0 Å². The Bertz CT molecular complexity index is 1800. The number of aromatic nitrogens is 6. The summed E-state index contributed by atoms with van der Waals surface area (Å²) >= 11 is 0. The molecule has 42 heavy (non-hydrogen) atoms. The Morgan fingerprint density at radius 1 is 1.14 bits per heavy atom. The Hall–Kier alpha value is -5.25. The summed E-state index contributed by atoms with van der Waals surface area (Å²) in [6, 6.07) is 12.0. The number of aryl methyl sites for hydroxylation is 1. The van der Waals surface area contributed by atoms with Gasteiger partial charge in [0.2, 0.25) is 0 Å². The summed E-state index contributed by atoms with van der Waals surface area (Å²) in [5.74, 6) is 0.516. The smallest absolute Gasteiger partial charge is 0.259 e. The van der Waals surface area contributed by atoms with Crippen LogP contribution in [0.4, 0.5) is 5.82 Å². The van der Waals surface area contributed by atoms with Crippen LogP contribution in [0.1, 0.15) is 66.4 Å². The van der Waals surface area contributed by atoms with Crippen molar-refractivity contribution in [3.8, 4) is 0 Å². The molecule has 4 rings (SSSR count). The van der Waals surface area contributed by atoms with E-state index in [1.54, 1.807) is 35.3 Å². The summed E-state index contributed by atoms with van der Waals surface area (Å²) in [5, 5.41) is 7.20. The van der Waals surface area contributed by atoms with Crippen molar-refractivity contribution in [3.05, 3.63) is 118 Å². The van der Waals surface area contributed by atoms with Gasteiger partial charge >= 0.3 is 0 Å². The van der Waals surface area contributed by atoms with Crippen LogP contribution >= 0.6 is 0 Å². The molecule has 1 amide bonds. The number of allylic oxidation sites excluding steroid dienone is 4. The zero-order chi connectivity index (χ0) is 30.2. The first-order valence-corrected chi connectivity index (χ1v) is 13.7. The van der Waals surface area contributed by atoms with Crippen LogP contribution < -0.4 is 16.6 Å². The molecule has 0 unspecified atom stereocenters. The number of fused-ring (bicyclic) bond motifs is 1. The van der Waals surface area contributed by atoms with Crippen molar-refractivity contribution < 1.29 is 4.79 Å². The lowest BCUT2D eigenvalue weighted by Crippen LogP contribution is -2.31. The number of nitrogens with two attached hydrogens (primary N) is 1. The van der Waals surface area contributed by atoms with Crippen molar-refractivity contribution >= 4 is 35.2 Å². The van der Waals surface area contributed by atoms with E-state index in [-0.39, 0.29) is 16.9 Å². The van der Waals surface area contributed by atoms with E-state index in [9.17, 15) is 9.59 Å². The Morgan fingerprint density at radius 2 is 1.93 bits per heavy atom. The molecule has 1 atom stereocenters. The van der Waals surface area contributed by atoms with Crippen LogP contribution in [0.15, 0.2) is 84.1 Å². The standard InChI is InChI=1S/C32H36N8O2/c1-6-8-14-25(7-2)40-27(22(3)36-32(42)29-30(33)37-39-19-12-18-34-31(29)39)15-11-9-10-13-24(20-28(40)41)16-17-26-21-35-23(4)38(26)5/h7-22H,6H2,1-5H3,(H2,33,37)(H,36,42)/b11-9?,13-10?,14-8-,17-16+,24-20?,25-7+,27-15?/t22-/m0/s1. The number of amides is 1. The quantitative estimate of drug-likeness (QED) is 0.286. The van der Waals surface area contributed by atoms with E-state index in [0.29, 0.717) is 22.6 Å². The van der Waals surface area contributed by atoms with Gasteiger partial charge in [0.05, 0.1) is 17.9 Å². The van der Waals surface area contributed by atoms with Gasteiger partial charge in [-0.15, -0.1) is 5.10 Å². The number of rotatable bonds is 8. The van der Waals surface area contributed by atoms with Gasteiger partial charge in [-0.2, -0.15) is 0 Å². The summed E-state index contributed by atoms with van der Waals surface area (Å²) in [7, 11) is 1.94. The lowest BCUT2D eigenvalue weighted by molar-refractivity contribution is 0.0941. The molecule has 10 heteroatoms. The molecule has 3 N–H and O–H groups in total. The fraction of sp³-hybridized carbons (Fsp3) is 0.219. The maximum absolute atomic E-state index is 14.0. The van der Waals surface area contributed by atoms with Crippen molar-refractivity contribution in [2.45, 2.75) is 40.2 Å². The second-order valence-electron chi connectivity index (χ2n) is 9.64. The number of nitrogen functional groups attached to an aromatic ring is 1. The van der Waals surface area contributed by atoms with Gasteiger partial charge in [0, 0.05) is 36.9 Å². The minimum atomic E-state index is -0.595. The van der Waals surface area contributed by atoms with Crippen LogP contribution in [-0.2, 0) is 7.05 Å². The molecule has 216 valence electrons. The second-order valence-corrected chi connectivity index (χ2v) is 9.64. The highest BCUT2D eigenvalue weighted by Gasteiger charge is 2.22. The third-order valence-corrected chi connectivity index (χ3v) is 6.77. The van der Waals surface area contributed by atoms with Crippen LogP contribution in [0, 0.1) is 6.92 Å². The molecule has 0 bridgehead atoms. The van der Waals surface area contributed by atoms with E-state index in [1.165, 1.54) is 4.52 Å². The Labute approximate surface area is 244 Å². The molecule has 0 spiro atoms. The van der Waals surface area contributed by atoms with Crippen LogP contribution in [0.25, 0.3) is 23.5 Å². The van der Waals surface area contributed by atoms with Gasteiger partial charge < -0.3 is 15.6 Å². The minimum Gasteiger partial charge on any atom is -0.381 e. The maximum Gasteiger partial charge on any atom is 0.259 e. The van der Waals surface area contributed by atoms with E-state index in [1.807, 2.05) is 100 Å². The van der Waals surface area contributed by atoms with Crippen molar-refractivity contribution in [2.24, 2.45) is 7.05 Å². The number of nitrogens with zero attached hydrogens (tertiary/aromatic N) is 6. The van der Waals surface area contributed by atoms with Crippen LogP contribution in [0.3, 0.4) is 0 Å². The van der Waals surface area contributed by atoms with E-state index >= 15 is 0 Å². The highest BCUT2D eigenvalue weighted by molar-refractivity contribution is 6.04. The predicted molar refractivity (Wildman–Crippen MR) is 168 cm³/mol.